The minimum atomic E-state index is -1.07. The van der Waals surface area contributed by atoms with Crippen molar-refractivity contribution in [3.05, 3.63) is 53.3 Å². The van der Waals surface area contributed by atoms with Crippen molar-refractivity contribution in [3.8, 4) is 11.5 Å². The molecule has 1 aromatic heterocycles. The van der Waals surface area contributed by atoms with E-state index in [1.54, 1.807) is 24.3 Å². The molecule has 86 valence electrons. The molecule has 0 saturated carbocycles. The number of aromatic nitrogens is 1. The van der Waals surface area contributed by atoms with Crippen molar-refractivity contribution in [2.24, 2.45) is 0 Å². The van der Waals surface area contributed by atoms with Gasteiger partial charge in [0.25, 0.3) is 0 Å². The summed E-state index contributed by atoms with van der Waals surface area (Å²) in [7, 11) is 0. The third-order valence-electron chi connectivity index (χ3n) is 2.04. The van der Waals surface area contributed by atoms with Gasteiger partial charge in [-0.25, -0.2) is 4.79 Å². The highest BCUT2D eigenvalue weighted by Crippen LogP contribution is 2.26. The zero-order valence-corrected chi connectivity index (χ0v) is 9.39. The van der Waals surface area contributed by atoms with Crippen LogP contribution in [0.2, 0.25) is 5.02 Å². The lowest BCUT2D eigenvalue weighted by Crippen LogP contribution is -2.00. The maximum Gasteiger partial charge on any atom is 0.339 e. The molecule has 0 fully saturated rings. The third-order valence-corrected chi connectivity index (χ3v) is 2.27. The summed E-state index contributed by atoms with van der Waals surface area (Å²) in [6.45, 7) is 0. The molecule has 1 aromatic carbocycles. The highest BCUT2D eigenvalue weighted by atomic mass is 35.5. The summed E-state index contributed by atoms with van der Waals surface area (Å²) >= 11 is 5.80. The number of ether oxygens (including phenoxy) is 1. The summed E-state index contributed by atoms with van der Waals surface area (Å²) in [6, 6.07) is 8.08. The zero-order valence-electron chi connectivity index (χ0n) is 8.63. The number of carbonyl (C=O) groups is 1. The molecule has 2 aromatic rings. The molecule has 0 aliphatic rings. The van der Waals surface area contributed by atoms with Gasteiger partial charge in [-0.3, -0.25) is 4.98 Å². The Kier molecular flexibility index (Phi) is 3.25. The van der Waals surface area contributed by atoms with Gasteiger partial charge in [0.1, 0.15) is 11.3 Å². The van der Waals surface area contributed by atoms with E-state index in [1.165, 1.54) is 18.5 Å². The van der Waals surface area contributed by atoms with Crippen molar-refractivity contribution in [1.82, 2.24) is 4.98 Å². The van der Waals surface area contributed by atoms with E-state index >= 15 is 0 Å². The molecule has 1 N–H and O–H groups in total. The van der Waals surface area contributed by atoms with Crippen LogP contribution in [0.3, 0.4) is 0 Å². The van der Waals surface area contributed by atoms with Crippen molar-refractivity contribution < 1.29 is 14.6 Å². The number of hydrogen-bond donors (Lipinski definition) is 1. The maximum absolute atomic E-state index is 10.9. The zero-order chi connectivity index (χ0) is 12.3. The Morgan fingerprint density at radius 3 is 2.88 bits per heavy atom. The second kappa shape index (κ2) is 4.84. The average Bonchev–Trinajstić information content (AvgIpc) is 2.29. The molecule has 0 radical (unpaired) electrons. The fourth-order valence-electron chi connectivity index (χ4n) is 1.30. The molecule has 0 atom stereocenters. The van der Waals surface area contributed by atoms with E-state index in [-0.39, 0.29) is 11.3 Å². The van der Waals surface area contributed by atoms with E-state index in [1.807, 2.05) is 0 Å². The van der Waals surface area contributed by atoms with Gasteiger partial charge in [-0.15, -0.1) is 0 Å². The van der Waals surface area contributed by atoms with Crippen molar-refractivity contribution in [1.29, 1.82) is 0 Å². The maximum atomic E-state index is 10.9. The number of nitrogens with zero attached hydrogens (tertiary/aromatic N) is 1. The van der Waals surface area contributed by atoms with Crippen LogP contribution in [0.1, 0.15) is 10.4 Å². The number of hydrogen-bond acceptors (Lipinski definition) is 3. The molecule has 0 amide bonds. The van der Waals surface area contributed by atoms with E-state index in [9.17, 15) is 4.79 Å². The summed E-state index contributed by atoms with van der Waals surface area (Å²) in [5.74, 6) is -0.417. The first-order valence-electron chi connectivity index (χ1n) is 4.77. The lowest BCUT2D eigenvalue weighted by Gasteiger charge is -2.07. The smallest absolute Gasteiger partial charge is 0.339 e. The molecule has 1 heterocycles. The largest absolute Gasteiger partial charge is 0.478 e. The Balaban J connectivity index is 2.33. The van der Waals surface area contributed by atoms with Crippen LogP contribution in [0.5, 0.6) is 11.5 Å². The minimum Gasteiger partial charge on any atom is -0.478 e. The summed E-state index contributed by atoms with van der Waals surface area (Å²) in [5.41, 5.74) is 0.0555. The van der Waals surface area contributed by atoms with Crippen LogP contribution >= 0.6 is 11.6 Å². The number of aromatic carboxylic acids is 1. The molecule has 2 rings (SSSR count). The number of benzene rings is 1. The standard InChI is InChI=1S/C12H8ClNO3/c13-8-2-1-3-9(6-8)17-11-7-14-5-4-10(11)12(15)16/h1-7H,(H,15,16). The average molecular weight is 250 g/mol. The van der Waals surface area contributed by atoms with Gasteiger partial charge in [-0.05, 0) is 24.3 Å². The van der Waals surface area contributed by atoms with Gasteiger partial charge in [0, 0.05) is 11.2 Å². The summed E-state index contributed by atoms with van der Waals surface area (Å²) in [5, 5.41) is 9.48. The van der Waals surface area contributed by atoms with Crippen LogP contribution in [0.4, 0.5) is 0 Å². The molecule has 4 nitrogen and oxygen atoms in total. The molecule has 17 heavy (non-hydrogen) atoms. The Labute approximate surface area is 102 Å². The van der Waals surface area contributed by atoms with E-state index in [4.69, 9.17) is 21.4 Å². The van der Waals surface area contributed by atoms with E-state index in [0.29, 0.717) is 10.8 Å². The van der Waals surface area contributed by atoms with Gasteiger partial charge in [-0.1, -0.05) is 17.7 Å². The van der Waals surface area contributed by atoms with Gasteiger partial charge in [0.15, 0.2) is 5.75 Å². The number of halogens is 1. The first kappa shape index (κ1) is 11.4. The Morgan fingerprint density at radius 1 is 1.35 bits per heavy atom. The Bertz CT molecular complexity index is 557. The van der Waals surface area contributed by atoms with Gasteiger partial charge in [0.05, 0.1) is 6.20 Å². The van der Waals surface area contributed by atoms with Crippen LogP contribution in [0.15, 0.2) is 42.7 Å². The first-order valence-corrected chi connectivity index (χ1v) is 5.15. The van der Waals surface area contributed by atoms with E-state index in [0.717, 1.165) is 0 Å². The van der Waals surface area contributed by atoms with Gasteiger partial charge in [0.2, 0.25) is 0 Å². The topological polar surface area (TPSA) is 59.4 Å². The van der Waals surface area contributed by atoms with Crippen LogP contribution in [-0.4, -0.2) is 16.1 Å². The molecule has 0 saturated heterocycles. The van der Waals surface area contributed by atoms with E-state index < -0.39 is 5.97 Å². The van der Waals surface area contributed by atoms with Crippen LogP contribution in [0.25, 0.3) is 0 Å². The molecule has 0 bridgehead atoms. The van der Waals surface area contributed by atoms with Gasteiger partial charge >= 0.3 is 5.97 Å². The Morgan fingerprint density at radius 2 is 2.18 bits per heavy atom. The fourth-order valence-corrected chi connectivity index (χ4v) is 1.48. The van der Waals surface area contributed by atoms with Crippen LogP contribution < -0.4 is 4.74 Å². The second-order valence-electron chi connectivity index (χ2n) is 3.24. The molecular formula is C12H8ClNO3. The minimum absolute atomic E-state index is 0.0555. The predicted octanol–water partition coefficient (Wildman–Crippen LogP) is 3.23. The molecule has 5 heteroatoms. The highest BCUT2D eigenvalue weighted by molar-refractivity contribution is 6.30. The van der Waals surface area contributed by atoms with Crippen molar-refractivity contribution >= 4 is 17.6 Å². The van der Waals surface area contributed by atoms with Crippen molar-refractivity contribution in [3.63, 3.8) is 0 Å². The highest BCUT2D eigenvalue weighted by Gasteiger charge is 2.11. The number of carboxylic acid groups (broad SMARTS) is 1. The van der Waals surface area contributed by atoms with E-state index in [2.05, 4.69) is 4.98 Å². The molecule has 0 unspecified atom stereocenters. The number of pyridine rings is 1. The van der Waals surface area contributed by atoms with Gasteiger partial charge in [-0.2, -0.15) is 0 Å². The monoisotopic (exact) mass is 249 g/mol. The lowest BCUT2D eigenvalue weighted by atomic mass is 10.2. The molecular weight excluding hydrogens is 242 g/mol. The van der Waals surface area contributed by atoms with Crippen LogP contribution in [0, 0.1) is 0 Å². The molecule has 0 spiro atoms. The normalized spacial score (nSPS) is 9.94. The fraction of sp³-hybridized carbons (Fsp3) is 0. The Hall–Kier alpha value is -2.07. The SMILES string of the molecule is O=C(O)c1ccncc1Oc1cccc(Cl)c1. The van der Waals surface area contributed by atoms with Crippen molar-refractivity contribution in [2.75, 3.05) is 0 Å². The number of carboxylic acids is 1. The number of rotatable bonds is 3. The van der Waals surface area contributed by atoms with Crippen LogP contribution in [-0.2, 0) is 0 Å². The second-order valence-corrected chi connectivity index (χ2v) is 3.67. The lowest BCUT2D eigenvalue weighted by molar-refractivity contribution is 0.0694. The molecule has 0 aliphatic carbocycles. The third kappa shape index (κ3) is 2.73. The predicted molar refractivity (Wildman–Crippen MR) is 62.7 cm³/mol. The van der Waals surface area contributed by atoms with Crippen molar-refractivity contribution in [2.45, 2.75) is 0 Å². The van der Waals surface area contributed by atoms with Gasteiger partial charge < -0.3 is 9.84 Å². The molecule has 0 aliphatic heterocycles. The summed E-state index contributed by atoms with van der Waals surface area (Å²) in [6.07, 6.45) is 2.75. The summed E-state index contributed by atoms with van der Waals surface area (Å²) < 4.78 is 5.42. The quantitative estimate of drug-likeness (QED) is 0.907. The summed E-state index contributed by atoms with van der Waals surface area (Å²) in [4.78, 5) is 14.8. The first-order chi connectivity index (χ1) is 8.16.